The molecule has 0 bridgehead atoms. The van der Waals surface area contributed by atoms with E-state index < -0.39 is 0 Å². The summed E-state index contributed by atoms with van der Waals surface area (Å²) in [5, 5.41) is 5.91. The first-order valence-electron chi connectivity index (χ1n) is 21.0. The number of benzene rings is 8. The van der Waals surface area contributed by atoms with Gasteiger partial charge in [0.25, 0.3) is 0 Å². The fourth-order valence-corrected chi connectivity index (χ4v) is 10.5. The summed E-state index contributed by atoms with van der Waals surface area (Å²) in [6.07, 6.45) is 1.93. The smallest absolute Gasteiger partial charge is 0.238 e. The summed E-state index contributed by atoms with van der Waals surface area (Å²) >= 11 is 1.81. The summed E-state index contributed by atoms with van der Waals surface area (Å²) in [5.41, 5.74) is 13.2. The molecule has 0 aliphatic rings. The summed E-state index contributed by atoms with van der Waals surface area (Å²) < 4.78 is 7.05. The molecule has 8 aromatic carbocycles. The van der Waals surface area contributed by atoms with E-state index in [1.54, 1.807) is 0 Å². The number of pyridine rings is 1. The molecule has 13 aromatic rings. The number of hydrogen-bond donors (Lipinski definition) is 0. The highest BCUT2D eigenvalue weighted by Crippen LogP contribution is 2.41. The van der Waals surface area contributed by atoms with Crippen molar-refractivity contribution >= 4 is 75.3 Å². The van der Waals surface area contributed by atoms with E-state index in [1.807, 2.05) is 78.2 Å². The minimum atomic E-state index is 0.582. The molecule has 0 saturated heterocycles. The SMILES string of the molecule is c1ccc(-c2nc(-c3ccccc3)nc(-n3c4ccccc4c4cc(-c5ccc6c(c5)c5ccccc5n6-c5ccc(-c6ccnc7c6sc6ccccc67)cc5)ccc43)n2)cc1. The summed E-state index contributed by atoms with van der Waals surface area (Å²) in [6, 6.07) is 70.8. The molecule has 0 radical (unpaired) electrons. The lowest BCUT2D eigenvalue weighted by Crippen LogP contribution is -2.06. The third-order valence-corrected chi connectivity index (χ3v) is 13.5. The molecule has 294 valence electrons. The van der Waals surface area contributed by atoms with E-state index in [4.69, 9.17) is 19.9 Å². The average Bonchev–Trinajstić information content (AvgIpc) is 4.02. The molecule has 0 N–H and O–H groups in total. The number of nitrogens with zero attached hydrogens (tertiary/aromatic N) is 6. The number of fused-ring (bicyclic) bond motifs is 9. The predicted molar refractivity (Wildman–Crippen MR) is 261 cm³/mol. The average molecular weight is 823 g/mol. The molecule has 7 heteroatoms. The van der Waals surface area contributed by atoms with Gasteiger partial charge in [0.1, 0.15) is 0 Å². The largest absolute Gasteiger partial charge is 0.309 e. The maximum absolute atomic E-state index is 5.12. The molecule has 0 unspecified atom stereocenters. The molecule has 6 nitrogen and oxygen atoms in total. The number of para-hydroxylation sites is 2. The Labute approximate surface area is 365 Å². The van der Waals surface area contributed by atoms with Crippen LogP contribution in [-0.2, 0) is 0 Å². The third kappa shape index (κ3) is 5.71. The fraction of sp³-hybridized carbons (Fsp3) is 0. The van der Waals surface area contributed by atoms with Crippen molar-refractivity contribution in [3.8, 4) is 56.7 Å². The molecule has 0 aliphatic heterocycles. The second-order valence-electron chi connectivity index (χ2n) is 15.9. The van der Waals surface area contributed by atoms with Crippen LogP contribution in [-0.4, -0.2) is 29.1 Å². The first kappa shape index (κ1) is 35.5. The lowest BCUT2D eigenvalue weighted by atomic mass is 10.0. The Morgan fingerprint density at radius 2 is 0.873 bits per heavy atom. The summed E-state index contributed by atoms with van der Waals surface area (Å²) in [6.45, 7) is 0. The van der Waals surface area contributed by atoms with E-state index in [0.717, 1.165) is 55.3 Å². The first-order valence-corrected chi connectivity index (χ1v) is 21.9. The van der Waals surface area contributed by atoms with E-state index in [0.29, 0.717) is 17.6 Å². The molecule has 63 heavy (non-hydrogen) atoms. The Kier molecular flexibility index (Phi) is 7.98. The van der Waals surface area contributed by atoms with Crippen molar-refractivity contribution in [2.24, 2.45) is 0 Å². The van der Waals surface area contributed by atoms with Gasteiger partial charge in [0.15, 0.2) is 11.6 Å². The zero-order valence-corrected chi connectivity index (χ0v) is 34.5. The van der Waals surface area contributed by atoms with Crippen molar-refractivity contribution in [1.82, 2.24) is 29.1 Å². The van der Waals surface area contributed by atoms with E-state index >= 15 is 0 Å². The van der Waals surface area contributed by atoms with Crippen LogP contribution >= 0.6 is 11.3 Å². The lowest BCUT2D eigenvalue weighted by Gasteiger charge is -2.11. The number of aromatic nitrogens is 6. The molecular formula is C56H34N6S. The standard InChI is InChI=1S/C56H34N6S/c1-3-13-36(14-4-1)54-58-55(37-15-5-2-6-16-37)60-56(59-54)62-48-21-11-8-18-43(48)46-34-39(26-30-50(46)62)38-25-29-49-45(33-38)42-17-7-10-20-47(42)61(49)40-27-23-35(24-28-40)41-31-32-57-52-44-19-9-12-22-51(44)63-53(41)52/h1-34H. The van der Waals surface area contributed by atoms with Gasteiger partial charge < -0.3 is 4.57 Å². The second kappa shape index (κ2) is 14.2. The summed E-state index contributed by atoms with van der Waals surface area (Å²) in [5.74, 6) is 1.85. The molecule has 0 amide bonds. The van der Waals surface area contributed by atoms with Crippen LogP contribution in [0.3, 0.4) is 0 Å². The number of hydrogen-bond acceptors (Lipinski definition) is 5. The van der Waals surface area contributed by atoms with Crippen molar-refractivity contribution in [2.75, 3.05) is 0 Å². The van der Waals surface area contributed by atoms with Crippen molar-refractivity contribution < 1.29 is 0 Å². The van der Waals surface area contributed by atoms with Gasteiger partial charge in [0, 0.05) is 60.2 Å². The number of rotatable bonds is 6. The molecule has 0 aliphatic carbocycles. The monoisotopic (exact) mass is 822 g/mol. The van der Waals surface area contributed by atoms with Crippen molar-refractivity contribution in [2.45, 2.75) is 0 Å². The van der Waals surface area contributed by atoms with Crippen molar-refractivity contribution in [3.63, 3.8) is 0 Å². The Balaban J connectivity index is 0.925. The van der Waals surface area contributed by atoms with Gasteiger partial charge in [-0.1, -0.05) is 140 Å². The highest BCUT2D eigenvalue weighted by atomic mass is 32.1. The lowest BCUT2D eigenvalue weighted by molar-refractivity contribution is 0.953. The van der Waals surface area contributed by atoms with Crippen LogP contribution < -0.4 is 0 Å². The predicted octanol–water partition coefficient (Wildman–Crippen LogP) is 14.5. The van der Waals surface area contributed by atoms with Crippen LogP contribution in [0, 0.1) is 0 Å². The van der Waals surface area contributed by atoms with Crippen LogP contribution in [0.2, 0.25) is 0 Å². The minimum absolute atomic E-state index is 0.582. The quantitative estimate of drug-likeness (QED) is 0.168. The van der Waals surface area contributed by atoms with Gasteiger partial charge in [-0.3, -0.25) is 9.55 Å². The van der Waals surface area contributed by atoms with Gasteiger partial charge in [0.2, 0.25) is 5.95 Å². The van der Waals surface area contributed by atoms with E-state index in [1.165, 1.54) is 47.7 Å². The third-order valence-electron chi connectivity index (χ3n) is 12.3. The van der Waals surface area contributed by atoms with Crippen LogP contribution in [0.4, 0.5) is 0 Å². The van der Waals surface area contributed by atoms with Gasteiger partial charge in [-0.25, -0.2) is 4.98 Å². The Hall–Kier alpha value is -8.26. The van der Waals surface area contributed by atoms with Crippen molar-refractivity contribution in [3.05, 3.63) is 206 Å². The summed E-state index contributed by atoms with van der Waals surface area (Å²) in [4.78, 5) is 20.0. The zero-order valence-electron chi connectivity index (χ0n) is 33.7. The minimum Gasteiger partial charge on any atom is -0.309 e. The highest BCUT2D eigenvalue weighted by molar-refractivity contribution is 7.26. The zero-order chi connectivity index (χ0) is 41.4. The topological polar surface area (TPSA) is 61.4 Å². The van der Waals surface area contributed by atoms with Gasteiger partial charge in [0.05, 0.1) is 32.3 Å². The van der Waals surface area contributed by atoms with Gasteiger partial charge in [-0.15, -0.1) is 11.3 Å². The molecule has 5 aromatic heterocycles. The van der Waals surface area contributed by atoms with E-state index in [-0.39, 0.29) is 0 Å². The first-order chi connectivity index (χ1) is 31.2. The summed E-state index contributed by atoms with van der Waals surface area (Å²) in [7, 11) is 0. The van der Waals surface area contributed by atoms with Gasteiger partial charge in [-0.2, -0.15) is 9.97 Å². The highest BCUT2D eigenvalue weighted by Gasteiger charge is 2.20. The van der Waals surface area contributed by atoms with E-state index in [9.17, 15) is 0 Å². The molecule has 0 spiro atoms. The normalized spacial score (nSPS) is 11.8. The van der Waals surface area contributed by atoms with Gasteiger partial charge >= 0.3 is 0 Å². The maximum Gasteiger partial charge on any atom is 0.238 e. The molecule has 0 fully saturated rings. The molecular weight excluding hydrogens is 789 g/mol. The Bertz CT molecular complexity index is 3850. The van der Waals surface area contributed by atoms with Crippen LogP contribution in [0.5, 0.6) is 0 Å². The molecule has 5 heterocycles. The van der Waals surface area contributed by atoms with Gasteiger partial charge in [-0.05, 0) is 77.4 Å². The van der Waals surface area contributed by atoms with Crippen molar-refractivity contribution in [1.29, 1.82) is 0 Å². The fourth-order valence-electron chi connectivity index (χ4n) is 9.32. The van der Waals surface area contributed by atoms with E-state index in [2.05, 4.69) is 149 Å². The molecule has 0 saturated carbocycles. The maximum atomic E-state index is 5.12. The molecule has 13 rings (SSSR count). The second-order valence-corrected chi connectivity index (χ2v) is 16.9. The van der Waals surface area contributed by atoms with Crippen LogP contribution in [0.1, 0.15) is 0 Å². The number of thiophene rings is 1. The van der Waals surface area contributed by atoms with Crippen LogP contribution in [0.25, 0.3) is 121 Å². The van der Waals surface area contributed by atoms with Crippen LogP contribution in [0.15, 0.2) is 206 Å². The molecule has 0 atom stereocenters. The Morgan fingerprint density at radius 3 is 1.51 bits per heavy atom. The Morgan fingerprint density at radius 1 is 0.365 bits per heavy atom.